The zero-order chi connectivity index (χ0) is 16.3. The molecule has 0 atom stereocenters. The van der Waals surface area contributed by atoms with E-state index in [2.05, 4.69) is 21.4 Å². The quantitative estimate of drug-likeness (QED) is 0.703. The van der Waals surface area contributed by atoms with Gasteiger partial charge in [-0.1, -0.05) is 18.2 Å². The van der Waals surface area contributed by atoms with Crippen LogP contribution in [0, 0.1) is 6.92 Å². The Balaban J connectivity index is 2.17. The topological polar surface area (TPSA) is 95.5 Å². The molecule has 2 rings (SSSR count). The van der Waals surface area contributed by atoms with Crippen molar-refractivity contribution in [2.45, 2.75) is 11.8 Å². The van der Waals surface area contributed by atoms with Gasteiger partial charge in [-0.25, -0.2) is 8.42 Å². The number of carbonyl (C=O) groups excluding carboxylic acids is 1. The van der Waals surface area contributed by atoms with Gasteiger partial charge in [0.1, 0.15) is 5.75 Å². The number of rotatable bonds is 4. The second-order valence-electron chi connectivity index (χ2n) is 4.51. The number of benzene rings is 2. The van der Waals surface area contributed by atoms with Gasteiger partial charge in [0, 0.05) is 4.47 Å². The Hall–Kier alpha value is -1.90. The van der Waals surface area contributed by atoms with E-state index < -0.39 is 15.9 Å². The second kappa shape index (κ2) is 6.47. The van der Waals surface area contributed by atoms with Crippen LogP contribution in [0.3, 0.4) is 0 Å². The molecule has 0 heterocycles. The third kappa shape index (κ3) is 3.65. The number of phenolic OH excluding ortho intramolecular Hbond substituents is 1. The number of sulfonamides is 1. The first-order valence-electron chi connectivity index (χ1n) is 6.17. The monoisotopic (exact) mass is 384 g/mol. The molecule has 0 fully saturated rings. The molecule has 116 valence electrons. The number of carbonyl (C=O) groups is 1. The average Bonchev–Trinajstić information content (AvgIpc) is 2.45. The van der Waals surface area contributed by atoms with E-state index in [4.69, 9.17) is 0 Å². The zero-order valence-corrected chi connectivity index (χ0v) is 13.9. The summed E-state index contributed by atoms with van der Waals surface area (Å²) in [6.45, 7) is 1.83. The SMILES string of the molecule is Cc1ccc(S(=O)(=O)NNC(=O)c2ccccc2O)c(Br)c1. The highest BCUT2D eigenvalue weighted by molar-refractivity contribution is 9.10. The Labute approximate surface area is 136 Å². The molecular formula is C14H13BrN2O4S. The van der Waals surface area contributed by atoms with Crippen LogP contribution < -0.4 is 10.3 Å². The summed E-state index contributed by atoms with van der Waals surface area (Å²) in [5.74, 6) is -0.999. The summed E-state index contributed by atoms with van der Waals surface area (Å²) in [5.41, 5.74) is 2.92. The molecule has 8 heteroatoms. The maximum absolute atomic E-state index is 12.2. The van der Waals surface area contributed by atoms with Gasteiger partial charge < -0.3 is 5.11 Å². The Morgan fingerprint density at radius 3 is 2.50 bits per heavy atom. The van der Waals surface area contributed by atoms with E-state index in [1.54, 1.807) is 24.3 Å². The third-order valence-electron chi connectivity index (χ3n) is 2.82. The number of nitrogens with one attached hydrogen (secondary N) is 2. The summed E-state index contributed by atoms with van der Waals surface area (Å²) in [7, 11) is -3.93. The fraction of sp³-hybridized carbons (Fsp3) is 0.0714. The first kappa shape index (κ1) is 16.5. The standard InChI is InChI=1S/C14H13BrN2O4S/c1-9-6-7-13(11(15)8-9)22(20,21)17-16-14(19)10-4-2-3-5-12(10)18/h2-8,17-18H,1H3,(H,16,19). The molecule has 2 aromatic carbocycles. The van der Waals surface area contributed by atoms with Crippen LogP contribution in [0.5, 0.6) is 5.75 Å². The maximum Gasteiger partial charge on any atom is 0.269 e. The van der Waals surface area contributed by atoms with Gasteiger partial charge in [0.2, 0.25) is 0 Å². The lowest BCUT2D eigenvalue weighted by molar-refractivity contribution is 0.0942. The molecule has 22 heavy (non-hydrogen) atoms. The number of hydrazine groups is 1. The number of aryl methyl sites for hydroxylation is 1. The highest BCUT2D eigenvalue weighted by atomic mass is 79.9. The van der Waals surface area contributed by atoms with Crippen LogP contribution in [-0.2, 0) is 10.0 Å². The molecule has 0 radical (unpaired) electrons. The van der Waals surface area contributed by atoms with Crippen LogP contribution >= 0.6 is 15.9 Å². The van der Waals surface area contributed by atoms with Crippen molar-refractivity contribution in [1.29, 1.82) is 0 Å². The van der Waals surface area contributed by atoms with Crippen LogP contribution in [0.25, 0.3) is 0 Å². The largest absolute Gasteiger partial charge is 0.507 e. The van der Waals surface area contributed by atoms with E-state index in [-0.39, 0.29) is 16.2 Å². The smallest absolute Gasteiger partial charge is 0.269 e. The van der Waals surface area contributed by atoms with Crippen molar-refractivity contribution >= 4 is 31.9 Å². The second-order valence-corrected chi connectivity index (χ2v) is 7.02. The Morgan fingerprint density at radius 1 is 1.18 bits per heavy atom. The summed E-state index contributed by atoms with van der Waals surface area (Å²) in [5, 5.41) is 9.56. The molecule has 0 saturated carbocycles. The molecule has 0 spiro atoms. The van der Waals surface area contributed by atoms with Gasteiger partial charge in [0.15, 0.2) is 0 Å². The molecule has 1 amide bonds. The minimum atomic E-state index is -3.93. The normalized spacial score (nSPS) is 11.2. The molecule has 0 unspecified atom stereocenters. The average molecular weight is 385 g/mol. The molecule has 2 aromatic rings. The molecule has 0 saturated heterocycles. The zero-order valence-electron chi connectivity index (χ0n) is 11.5. The molecule has 0 aliphatic carbocycles. The Bertz CT molecular complexity index is 821. The lowest BCUT2D eigenvalue weighted by Crippen LogP contribution is -2.41. The molecule has 3 N–H and O–H groups in total. The number of hydrogen-bond acceptors (Lipinski definition) is 4. The highest BCUT2D eigenvalue weighted by Crippen LogP contribution is 2.22. The molecule has 0 aliphatic rings. The van der Waals surface area contributed by atoms with E-state index in [9.17, 15) is 18.3 Å². The van der Waals surface area contributed by atoms with Crippen molar-refractivity contribution in [3.63, 3.8) is 0 Å². The van der Waals surface area contributed by atoms with E-state index in [1.807, 2.05) is 11.8 Å². The summed E-state index contributed by atoms with van der Waals surface area (Å²) >= 11 is 3.17. The predicted octanol–water partition coefficient (Wildman–Crippen LogP) is 2.09. The molecular weight excluding hydrogens is 372 g/mol. The summed E-state index contributed by atoms with van der Waals surface area (Å²) in [4.78, 5) is 13.9. The van der Waals surface area contributed by atoms with Crippen LogP contribution in [0.1, 0.15) is 15.9 Å². The Morgan fingerprint density at radius 2 is 1.86 bits per heavy atom. The summed E-state index contributed by atoms with van der Waals surface area (Å²) in [6.07, 6.45) is 0. The van der Waals surface area contributed by atoms with Crippen molar-refractivity contribution in [3.8, 4) is 5.75 Å². The van der Waals surface area contributed by atoms with E-state index in [0.717, 1.165) is 5.56 Å². The number of para-hydroxylation sites is 1. The lowest BCUT2D eigenvalue weighted by Gasteiger charge is -2.10. The fourth-order valence-electron chi connectivity index (χ4n) is 1.73. The number of aromatic hydroxyl groups is 1. The van der Waals surface area contributed by atoms with Crippen molar-refractivity contribution in [1.82, 2.24) is 10.3 Å². The van der Waals surface area contributed by atoms with Crippen molar-refractivity contribution in [2.24, 2.45) is 0 Å². The highest BCUT2D eigenvalue weighted by Gasteiger charge is 2.19. The van der Waals surface area contributed by atoms with Crippen molar-refractivity contribution in [2.75, 3.05) is 0 Å². The maximum atomic E-state index is 12.2. The van der Waals surface area contributed by atoms with Crippen LogP contribution in [0.2, 0.25) is 0 Å². The number of halogens is 1. The van der Waals surface area contributed by atoms with E-state index >= 15 is 0 Å². The van der Waals surface area contributed by atoms with Crippen LogP contribution in [-0.4, -0.2) is 19.4 Å². The van der Waals surface area contributed by atoms with Crippen LogP contribution in [0.4, 0.5) is 0 Å². The summed E-state index contributed by atoms with van der Waals surface area (Å²) < 4.78 is 24.7. The van der Waals surface area contributed by atoms with Gasteiger partial charge in [-0.2, -0.15) is 0 Å². The van der Waals surface area contributed by atoms with Crippen molar-refractivity contribution in [3.05, 3.63) is 58.1 Å². The molecule has 0 bridgehead atoms. The van der Waals surface area contributed by atoms with Crippen molar-refractivity contribution < 1.29 is 18.3 Å². The molecule has 6 nitrogen and oxygen atoms in total. The lowest BCUT2D eigenvalue weighted by atomic mass is 10.2. The number of hydrogen-bond donors (Lipinski definition) is 3. The van der Waals surface area contributed by atoms with Gasteiger partial charge in [-0.05, 0) is 52.7 Å². The number of phenols is 1. The van der Waals surface area contributed by atoms with E-state index in [1.165, 1.54) is 18.2 Å². The predicted molar refractivity (Wildman–Crippen MR) is 84.8 cm³/mol. The third-order valence-corrected chi connectivity index (χ3v) is 5.05. The minimum absolute atomic E-state index is 0.00400. The first-order chi connectivity index (χ1) is 10.3. The Kier molecular flexibility index (Phi) is 4.84. The van der Waals surface area contributed by atoms with E-state index in [0.29, 0.717) is 4.47 Å². The fourth-order valence-corrected chi connectivity index (χ4v) is 3.76. The van der Waals surface area contributed by atoms with Gasteiger partial charge in [0.25, 0.3) is 15.9 Å². The van der Waals surface area contributed by atoms with Gasteiger partial charge in [-0.3, -0.25) is 10.2 Å². The molecule has 0 aromatic heterocycles. The minimum Gasteiger partial charge on any atom is -0.507 e. The van der Waals surface area contributed by atoms with Gasteiger partial charge in [-0.15, -0.1) is 4.83 Å². The number of amides is 1. The molecule has 0 aliphatic heterocycles. The van der Waals surface area contributed by atoms with Gasteiger partial charge in [0.05, 0.1) is 10.5 Å². The first-order valence-corrected chi connectivity index (χ1v) is 8.45. The van der Waals surface area contributed by atoms with Gasteiger partial charge >= 0.3 is 0 Å². The summed E-state index contributed by atoms with van der Waals surface area (Å²) in [6, 6.07) is 10.5. The van der Waals surface area contributed by atoms with Crippen LogP contribution in [0.15, 0.2) is 51.8 Å².